The van der Waals surface area contributed by atoms with Gasteiger partial charge in [-0.15, -0.1) is 0 Å². The molecule has 1 heterocycles. The van der Waals surface area contributed by atoms with E-state index in [4.69, 9.17) is 10.5 Å². The Labute approximate surface area is 131 Å². The molecule has 6 nitrogen and oxygen atoms in total. The van der Waals surface area contributed by atoms with E-state index >= 15 is 0 Å². The fourth-order valence-corrected chi connectivity index (χ4v) is 1.93. The average molecular weight is 301 g/mol. The van der Waals surface area contributed by atoms with Crippen molar-refractivity contribution in [2.75, 3.05) is 19.8 Å². The van der Waals surface area contributed by atoms with Gasteiger partial charge in [-0.1, -0.05) is 18.2 Å². The largest absolute Gasteiger partial charge is 0.382 e. The Morgan fingerprint density at radius 3 is 2.95 bits per heavy atom. The highest BCUT2D eigenvalue weighted by Gasteiger charge is 2.00. The van der Waals surface area contributed by atoms with E-state index in [9.17, 15) is 0 Å². The first kappa shape index (κ1) is 16.0. The number of ether oxygens (including phenoxy) is 1. The minimum absolute atomic E-state index is 0.448. The van der Waals surface area contributed by atoms with Gasteiger partial charge >= 0.3 is 0 Å². The summed E-state index contributed by atoms with van der Waals surface area (Å²) in [7, 11) is 0. The highest BCUT2D eigenvalue weighted by Crippen LogP contribution is 2.08. The van der Waals surface area contributed by atoms with Gasteiger partial charge in [-0.3, -0.25) is 0 Å². The molecular formula is C16H23N5O. The summed E-state index contributed by atoms with van der Waals surface area (Å²) in [4.78, 5) is 4.31. The predicted molar refractivity (Wildman–Crippen MR) is 88.0 cm³/mol. The van der Waals surface area contributed by atoms with Crippen molar-refractivity contribution in [1.29, 1.82) is 0 Å². The van der Waals surface area contributed by atoms with Gasteiger partial charge in [0.2, 0.25) is 0 Å². The van der Waals surface area contributed by atoms with Gasteiger partial charge in [-0.05, 0) is 25.5 Å². The molecule has 0 atom stereocenters. The van der Waals surface area contributed by atoms with Crippen LogP contribution in [0.1, 0.15) is 18.9 Å². The number of nitrogens with two attached hydrogens (primary N) is 1. The minimum atomic E-state index is 0.448. The van der Waals surface area contributed by atoms with E-state index in [2.05, 4.69) is 15.4 Å². The van der Waals surface area contributed by atoms with E-state index in [1.807, 2.05) is 48.1 Å². The lowest BCUT2D eigenvalue weighted by Gasteiger charge is -2.05. The molecule has 0 radical (unpaired) electrons. The highest BCUT2D eigenvalue weighted by molar-refractivity contribution is 5.77. The first-order valence-electron chi connectivity index (χ1n) is 7.50. The van der Waals surface area contributed by atoms with Crippen LogP contribution in [-0.4, -0.2) is 35.5 Å². The number of hydrogen-bond donors (Lipinski definition) is 2. The normalized spacial score (nSPS) is 11.6. The molecule has 0 saturated carbocycles. The molecule has 22 heavy (non-hydrogen) atoms. The number of nitrogens with zero attached hydrogens (tertiary/aromatic N) is 3. The maximum atomic E-state index is 5.83. The molecule has 0 aliphatic rings. The van der Waals surface area contributed by atoms with Crippen LogP contribution in [0.25, 0.3) is 5.69 Å². The van der Waals surface area contributed by atoms with Gasteiger partial charge < -0.3 is 15.8 Å². The summed E-state index contributed by atoms with van der Waals surface area (Å²) in [5, 5.41) is 7.40. The molecule has 1 aromatic carbocycles. The van der Waals surface area contributed by atoms with E-state index < -0.39 is 0 Å². The maximum absolute atomic E-state index is 5.83. The summed E-state index contributed by atoms with van der Waals surface area (Å²) in [6, 6.07) is 9.97. The van der Waals surface area contributed by atoms with Crippen LogP contribution in [0.5, 0.6) is 0 Å². The second-order valence-corrected chi connectivity index (χ2v) is 4.81. The smallest absolute Gasteiger partial charge is 0.188 e. The number of hydrogen-bond acceptors (Lipinski definition) is 3. The van der Waals surface area contributed by atoms with Gasteiger partial charge in [0.25, 0.3) is 0 Å². The highest BCUT2D eigenvalue weighted by atomic mass is 16.5. The second kappa shape index (κ2) is 8.84. The summed E-state index contributed by atoms with van der Waals surface area (Å²) >= 11 is 0. The molecule has 0 amide bonds. The molecule has 118 valence electrons. The standard InChI is InChI=1S/C16H23N5O/c1-2-22-10-6-9-18-16(17)19-11-14-12-20-21(13-14)15-7-4-3-5-8-15/h3-5,7-8,12-13H,2,6,9-11H2,1H3,(H3,17,18,19). The SMILES string of the molecule is CCOCCCNC(N)=NCc1cnn(-c2ccccc2)c1. The number of benzene rings is 1. The summed E-state index contributed by atoms with van der Waals surface area (Å²) in [5.74, 6) is 0.448. The second-order valence-electron chi connectivity index (χ2n) is 4.81. The van der Waals surface area contributed by atoms with Crippen molar-refractivity contribution in [3.63, 3.8) is 0 Å². The summed E-state index contributed by atoms with van der Waals surface area (Å²) in [6.07, 6.45) is 4.68. The molecule has 0 spiro atoms. The van der Waals surface area contributed by atoms with Crippen LogP contribution in [0, 0.1) is 0 Å². The van der Waals surface area contributed by atoms with Crippen LogP contribution in [0.2, 0.25) is 0 Å². The third-order valence-electron chi connectivity index (χ3n) is 3.06. The molecule has 0 bridgehead atoms. The molecule has 0 saturated heterocycles. The van der Waals surface area contributed by atoms with E-state index in [1.165, 1.54) is 0 Å². The maximum Gasteiger partial charge on any atom is 0.188 e. The number of aromatic nitrogens is 2. The average Bonchev–Trinajstić information content (AvgIpc) is 3.02. The Bertz CT molecular complexity index is 579. The van der Waals surface area contributed by atoms with Gasteiger partial charge in [0, 0.05) is 31.5 Å². The van der Waals surface area contributed by atoms with Gasteiger partial charge in [0.1, 0.15) is 0 Å². The Morgan fingerprint density at radius 2 is 2.18 bits per heavy atom. The molecule has 0 aliphatic heterocycles. The number of nitrogens with one attached hydrogen (secondary N) is 1. The number of rotatable bonds is 8. The topological polar surface area (TPSA) is 77.5 Å². The zero-order valence-corrected chi connectivity index (χ0v) is 12.9. The number of para-hydroxylation sites is 1. The minimum Gasteiger partial charge on any atom is -0.382 e. The molecule has 0 aliphatic carbocycles. The Kier molecular flexibility index (Phi) is 6.44. The van der Waals surface area contributed by atoms with Crippen LogP contribution < -0.4 is 11.1 Å². The Hall–Kier alpha value is -2.34. The Balaban J connectivity index is 1.79. The van der Waals surface area contributed by atoms with Crippen LogP contribution in [0.15, 0.2) is 47.7 Å². The summed E-state index contributed by atoms with van der Waals surface area (Å²) in [5.41, 5.74) is 7.87. The lowest BCUT2D eigenvalue weighted by molar-refractivity contribution is 0.145. The fourth-order valence-electron chi connectivity index (χ4n) is 1.93. The first-order valence-corrected chi connectivity index (χ1v) is 7.50. The van der Waals surface area contributed by atoms with Crippen molar-refractivity contribution in [2.45, 2.75) is 19.9 Å². The zero-order valence-electron chi connectivity index (χ0n) is 12.9. The van der Waals surface area contributed by atoms with Crippen molar-refractivity contribution >= 4 is 5.96 Å². The van der Waals surface area contributed by atoms with Gasteiger partial charge in [-0.2, -0.15) is 5.10 Å². The molecule has 2 rings (SSSR count). The lowest BCUT2D eigenvalue weighted by atomic mass is 10.3. The van der Waals surface area contributed by atoms with Crippen molar-refractivity contribution in [3.05, 3.63) is 48.3 Å². The lowest BCUT2D eigenvalue weighted by Crippen LogP contribution is -2.32. The van der Waals surface area contributed by atoms with Crippen molar-refractivity contribution in [2.24, 2.45) is 10.7 Å². The van der Waals surface area contributed by atoms with E-state index in [1.54, 1.807) is 6.20 Å². The van der Waals surface area contributed by atoms with E-state index in [-0.39, 0.29) is 0 Å². The molecule has 0 unspecified atom stereocenters. The van der Waals surface area contributed by atoms with E-state index in [0.29, 0.717) is 12.5 Å². The monoisotopic (exact) mass is 301 g/mol. The van der Waals surface area contributed by atoms with Gasteiger partial charge in [0.15, 0.2) is 5.96 Å². The van der Waals surface area contributed by atoms with Crippen molar-refractivity contribution in [3.8, 4) is 5.69 Å². The quantitative estimate of drug-likeness (QED) is 0.442. The van der Waals surface area contributed by atoms with E-state index in [0.717, 1.165) is 37.4 Å². The van der Waals surface area contributed by atoms with Crippen LogP contribution in [0.4, 0.5) is 0 Å². The number of aliphatic imine (C=N–C) groups is 1. The fraction of sp³-hybridized carbons (Fsp3) is 0.375. The third-order valence-corrected chi connectivity index (χ3v) is 3.06. The zero-order chi connectivity index (χ0) is 15.6. The molecule has 6 heteroatoms. The summed E-state index contributed by atoms with van der Waals surface area (Å²) in [6.45, 7) is 4.74. The molecule has 0 fully saturated rings. The van der Waals surface area contributed by atoms with Gasteiger partial charge in [-0.25, -0.2) is 9.67 Å². The first-order chi connectivity index (χ1) is 10.8. The molecule has 1 aromatic heterocycles. The van der Waals surface area contributed by atoms with Crippen LogP contribution in [-0.2, 0) is 11.3 Å². The molecule has 2 aromatic rings. The molecular weight excluding hydrogens is 278 g/mol. The van der Waals surface area contributed by atoms with Crippen LogP contribution >= 0.6 is 0 Å². The predicted octanol–water partition coefficient (Wildman–Crippen LogP) is 1.70. The third kappa shape index (κ3) is 5.21. The van der Waals surface area contributed by atoms with Crippen molar-refractivity contribution < 1.29 is 4.74 Å². The van der Waals surface area contributed by atoms with Crippen molar-refractivity contribution in [1.82, 2.24) is 15.1 Å². The number of guanidine groups is 1. The summed E-state index contributed by atoms with van der Waals surface area (Å²) < 4.78 is 7.09. The van der Waals surface area contributed by atoms with Gasteiger partial charge in [0.05, 0.1) is 18.4 Å². The Morgan fingerprint density at radius 1 is 1.36 bits per heavy atom. The molecule has 3 N–H and O–H groups in total. The van der Waals surface area contributed by atoms with Crippen LogP contribution in [0.3, 0.4) is 0 Å².